The molecule has 1 aromatic heterocycles. The van der Waals surface area contributed by atoms with E-state index >= 15 is 0 Å². The number of rotatable bonds is 8. The number of hydrogen-bond acceptors (Lipinski definition) is 3. The Hall–Kier alpha value is -3.44. The van der Waals surface area contributed by atoms with Gasteiger partial charge in [-0.15, -0.1) is 0 Å². The van der Waals surface area contributed by atoms with Crippen LogP contribution in [0.2, 0.25) is 0 Å². The van der Waals surface area contributed by atoms with E-state index in [4.69, 9.17) is 4.74 Å². The maximum atomic E-state index is 12.3. The topological polar surface area (TPSA) is 56.1 Å². The van der Waals surface area contributed by atoms with Crippen molar-refractivity contribution < 1.29 is 9.53 Å². The Bertz CT molecular complexity index is 1120. The van der Waals surface area contributed by atoms with Gasteiger partial charge in [-0.2, -0.15) is 0 Å². The molecule has 30 heavy (non-hydrogen) atoms. The molecule has 4 rings (SSSR count). The lowest BCUT2D eigenvalue weighted by Crippen LogP contribution is -2.27. The van der Waals surface area contributed by atoms with Crippen molar-refractivity contribution in [2.24, 2.45) is 0 Å². The number of ether oxygens (including phenoxy) is 1. The van der Waals surface area contributed by atoms with E-state index in [-0.39, 0.29) is 5.91 Å². The minimum absolute atomic E-state index is 0.109. The summed E-state index contributed by atoms with van der Waals surface area (Å²) in [5.74, 6) is -0.109. The van der Waals surface area contributed by atoms with E-state index in [1.807, 2.05) is 49.6 Å². The Balaban J connectivity index is 1.45. The minimum Gasteiger partial charge on any atom is -0.380 e. The van der Waals surface area contributed by atoms with Crippen molar-refractivity contribution in [1.29, 1.82) is 0 Å². The summed E-state index contributed by atoms with van der Waals surface area (Å²) in [6.45, 7) is 4.32. The summed E-state index contributed by atoms with van der Waals surface area (Å²) >= 11 is 0. The monoisotopic (exact) mass is 399 g/mol. The molecule has 5 nitrogen and oxygen atoms in total. The first-order valence-electron chi connectivity index (χ1n) is 10.2. The third-order valence-electron chi connectivity index (χ3n) is 5.03. The summed E-state index contributed by atoms with van der Waals surface area (Å²) < 4.78 is 7.35. The van der Waals surface area contributed by atoms with Gasteiger partial charge >= 0.3 is 0 Å². The molecular formula is C25H25N3O2. The first-order chi connectivity index (χ1) is 14.7. The van der Waals surface area contributed by atoms with Crippen LogP contribution in [0, 0.1) is 0 Å². The summed E-state index contributed by atoms with van der Waals surface area (Å²) in [6, 6.07) is 24.6. The average molecular weight is 399 g/mol. The minimum atomic E-state index is -0.109. The van der Waals surface area contributed by atoms with Crippen molar-refractivity contribution in [3.05, 3.63) is 90.3 Å². The van der Waals surface area contributed by atoms with Gasteiger partial charge in [0.05, 0.1) is 24.0 Å². The molecule has 0 saturated carbocycles. The Morgan fingerprint density at radius 1 is 1.00 bits per heavy atom. The summed E-state index contributed by atoms with van der Waals surface area (Å²) in [4.78, 5) is 16.8. The predicted octanol–water partition coefficient (Wildman–Crippen LogP) is 4.52. The van der Waals surface area contributed by atoms with Crippen LogP contribution in [0.4, 0.5) is 0 Å². The quantitative estimate of drug-likeness (QED) is 0.443. The van der Waals surface area contributed by atoms with E-state index in [0.29, 0.717) is 25.3 Å². The van der Waals surface area contributed by atoms with Crippen molar-refractivity contribution in [3.8, 4) is 11.1 Å². The van der Waals surface area contributed by atoms with E-state index in [1.165, 1.54) is 16.7 Å². The molecule has 0 atom stereocenters. The van der Waals surface area contributed by atoms with E-state index in [9.17, 15) is 4.79 Å². The number of carbonyl (C=O) groups is 1. The Labute approximate surface area is 176 Å². The van der Waals surface area contributed by atoms with Crippen LogP contribution in [-0.2, 0) is 11.3 Å². The zero-order valence-corrected chi connectivity index (χ0v) is 17.0. The summed E-state index contributed by atoms with van der Waals surface area (Å²) in [7, 11) is 0. The van der Waals surface area contributed by atoms with Gasteiger partial charge in [-0.3, -0.25) is 4.79 Å². The van der Waals surface area contributed by atoms with E-state index in [2.05, 4.69) is 51.3 Å². The Kier molecular flexibility index (Phi) is 6.20. The number of imidazole rings is 1. The molecule has 0 saturated heterocycles. The first-order valence-corrected chi connectivity index (χ1v) is 10.2. The average Bonchev–Trinajstić information content (AvgIpc) is 3.19. The van der Waals surface area contributed by atoms with Crippen LogP contribution in [0.15, 0.2) is 79.1 Å². The summed E-state index contributed by atoms with van der Waals surface area (Å²) in [6.07, 6.45) is 1.83. The molecular weight excluding hydrogens is 374 g/mol. The summed E-state index contributed by atoms with van der Waals surface area (Å²) in [5.41, 5.74) is 6.04. The zero-order chi connectivity index (χ0) is 20.8. The molecule has 0 spiro atoms. The number of nitrogens with one attached hydrogen (secondary N) is 1. The maximum Gasteiger partial charge on any atom is 0.251 e. The summed E-state index contributed by atoms with van der Waals surface area (Å²) in [5, 5.41) is 2.87. The fourth-order valence-electron chi connectivity index (χ4n) is 3.44. The molecule has 1 heterocycles. The molecule has 0 aliphatic rings. The predicted molar refractivity (Wildman–Crippen MR) is 120 cm³/mol. The van der Waals surface area contributed by atoms with E-state index < -0.39 is 0 Å². The van der Waals surface area contributed by atoms with Gasteiger partial charge in [-0.25, -0.2) is 4.98 Å². The lowest BCUT2D eigenvalue weighted by molar-refractivity contribution is 0.0922. The molecule has 1 amide bonds. The van der Waals surface area contributed by atoms with Crippen molar-refractivity contribution >= 4 is 16.9 Å². The highest BCUT2D eigenvalue weighted by Crippen LogP contribution is 2.21. The highest BCUT2D eigenvalue weighted by atomic mass is 16.5. The van der Waals surface area contributed by atoms with Gasteiger partial charge in [-0.1, -0.05) is 54.6 Å². The van der Waals surface area contributed by atoms with Crippen LogP contribution in [-0.4, -0.2) is 35.2 Å². The van der Waals surface area contributed by atoms with E-state index in [0.717, 1.165) is 17.6 Å². The van der Waals surface area contributed by atoms with Crippen LogP contribution in [0.25, 0.3) is 22.2 Å². The molecule has 0 aliphatic carbocycles. The third-order valence-corrected chi connectivity index (χ3v) is 5.03. The molecule has 5 heteroatoms. The van der Waals surface area contributed by atoms with Crippen molar-refractivity contribution in [2.45, 2.75) is 13.5 Å². The Morgan fingerprint density at radius 2 is 1.77 bits per heavy atom. The van der Waals surface area contributed by atoms with Gasteiger partial charge in [0, 0.05) is 25.3 Å². The second-order valence-corrected chi connectivity index (χ2v) is 7.09. The van der Waals surface area contributed by atoms with Crippen LogP contribution in [0.3, 0.4) is 0 Å². The number of hydrogen-bond donors (Lipinski definition) is 1. The number of nitrogens with zero attached hydrogens (tertiary/aromatic N) is 2. The zero-order valence-electron chi connectivity index (χ0n) is 17.0. The molecule has 0 radical (unpaired) electrons. The van der Waals surface area contributed by atoms with Gasteiger partial charge in [0.2, 0.25) is 0 Å². The SMILES string of the molecule is CCOCCNC(=O)c1ccc2c(c1)ncn2Cc1ccc(-c2ccccc2)cc1. The standard InChI is InChI=1S/C25H25N3O2/c1-2-30-15-14-26-25(29)22-12-13-24-23(16-22)27-18-28(24)17-19-8-10-21(11-9-19)20-6-4-3-5-7-20/h3-13,16,18H,2,14-15,17H2,1H3,(H,26,29). The second kappa shape index (κ2) is 9.37. The molecule has 0 aliphatic heterocycles. The molecule has 152 valence electrons. The number of amides is 1. The second-order valence-electron chi connectivity index (χ2n) is 7.09. The van der Waals surface area contributed by atoms with Gasteiger partial charge in [-0.05, 0) is 41.8 Å². The lowest BCUT2D eigenvalue weighted by Gasteiger charge is -2.08. The Morgan fingerprint density at radius 3 is 2.53 bits per heavy atom. The largest absolute Gasteiger partial charge is 0.380 e. The van der Waals surface area contributed by atoms with Crippen molar-refractivity contribution in [1.82, 2.24) is 14.9 Å². The highest BCUT2D eigenvalue weighted by molar-refractivity contribution is 5.97. The molecule has 3 aromatic carbocycles. The normalized spacial score (nSPS) is 11.0. The van der Waals surface area contributed by atoms with Crippen LogP contribution in [0.1, 0.15) is 22.8 Å². The highest BCUT2D eigenvalue weighted by Gasteiger charge is 2.09. The van der Waals surface area contributed by atoms with Gasteiger partial charge < -0.3 is 14.6 Å². The smallest absolute Gasteiger partial charge is 0.251 e. The number of carbonyl (C=O) groups excluding carboxylic acids is 1. The third kappa shape index (κ3) is 4.58. The van der Waals surface area contributed by atoms with Gasteiger partial charge in [0.1, 0.15) is 0 Å². The van der Waals surface area contributed by atoms with Crippen LogP contribution in [0.5, 0.6) is 0 Å². The number of benzene rings is 3. The van der Waals surface area contributed by atoms with E-state index in [1.54, 1.807) is 0 Å². The van der Waals surface area contributed by atoms with Crippen LogP contribution >= 0.6 is 0 Å². The fourth-order valence-corrected chi connectivity index (χ4v) is 3.44. The molecule has 4 aromatic rings. The molecule has 1 N–H and O–H groups in total. The van der Waals surface area contributed by atoms with Gasteiger partial charge in [0.25, 0.3) is 5.91 Å². The van der Waals surface area contributed by atoms with Gasteiger partial charge in [0.15, 0.2) is 0 Å². The molecule has 0 unspecified atom stereocenters. The molecule has 0 fully saturated rings. The van der Waals surface area contributed by atoms with Crippen molar-refractivity contribution in [2.75, 3.05) is 19.8 Å². The fraction of sp³-hybridized carbons (Fsp3) is 0.200. The maximum absolute atomic E-state index is 12.3. The number of fused-ring (bicyclic) bond motifs is 1. The first kappa shape index (κ1) is 19.9. The molecule has 0 bridgehead atoms. The lowest BCUT2D eigenvalue weighted by atomic mass is 10.0. The van der Waals surface area contributed by atoms with Crippen molar-refractivity contribution in [3.63, 3.8) is 0 Å². The van der Waals surface area contributed by atoms with Crippen LogP contribution < -0.4 is 5.32 Å². The number of aromatic nitrogens is 2.